The Morgan fingerprint density at radius 2 is 0.949 bits per heavy atom. The minimum atomic E-state index is -1.10. The van der Waals surface area contributed by atoms with Gasteiger partial charge >= 0.3 is 0 Å². The molecule has 8 atom stereocenters. The van der Waals surface area contributed by atoms with Gasteiger partial charge in [-0.25, -0.2) is 0 Å². The van der Waals surface area contributed by atoms with Crippen LogP contribution < -0.4 is 16.0 Å². The van der Waals surface area contributed by atoms with Crippen LogP contribution in [0.4, 0.5) is 0 Å². The van der Waals surface area contributed by atoms with Crippen LogP contribution in [0, 0.1) is 5.92 Å². The van der Waals surface area contributed by atoms with Crippen molar-refractivity contribution in [2.45, 2.75) is 127 Å². The average Bonchev–Trinajstić information content (AvgIpc) is 4.09. The maximum atomic E-state index is 14.6. The fraction of sp³-hybridized carbons (Fsp3) is 0.568. The molecule has 15 heteroatoms. The third kappa shape index (κ3) is 8.93. The molecule has 0 spiro atoms. The number of hydrogen-bond acceptors (Lipinski definition) is 8. The lowest BCUT2D eigenvalue weighted by atomic mass is 9.96. The molecule has 0 aromatic heterocycles. The quantitative estimate of drug-likeness (QED) is 0.339. The molecule has 2 aromatic rings. The molecule has 4 N–H and O–H groups in total. The lowest BCUT2D eigenvalue weighted by molar-refractivity contribution is -0.148. The summed E-state index contributed by atoms with van der Waals surface area (Å²) in [5.74, 6) is -3.37. The van der Waals surface area contributed by atoms with E-state index in [1.807, 2.05) is 44.2 Å². The number of fused-ring (bicyclic) bond motifs is 4. The van der Waals surface area contributed by atoms with Gasteiger partial charge in [-0.05, 0) is 80.5 Å². The van der Waals surface area contributed by atoms with Crippen molar-refractivity contribution >= 4 is 41.4 Å². The fourth-order valence-corrected chi connectivity index (χ4v) is 9.55. The van der Waals surface area contributed by atoms with Crippen molar-refractivity contribution in [1.82, 2.24) is 35.6 Å². The van der Waals surface area contributed by atoms with E-state index in [-0.39, 0.29) is 43.5 Å². The first kappa shape index (κ1) is 41.7. The van der Waals surface area contributed by atoms with Crippen LogP contribution in [-0.2, 0) is 46.4 Å². The highest BCUT2D eigenvalue weighted by Crippen LogP contribution is 2.29. The lowest BCUT2D eigenvalue weighted by Crippen LogP contribution is -2.60. The monoisotopic (exact) mass is 811 g/mol. The highest BCUT2D eigenvalue weighted by molar-refractivity contribution is 5.99. The van der Waals surface area contributed by atoms with E-state index in [1.165, 1.54) is 31.7 Å². The van der Waals surface area contributed by atoms with Gasteiger partial charge in [-0.2, -0.15) is 0 Å². The zero-order valence-corrected chi connectivity index (χ0v) is 34.0. The number of nitrogens with one attached hydrogen (secondary N) is 3. The van der Waals surface area contributed by atoms with E-state index < -0.39 is 77.7 Å². The van der Waals surface area contributed by atoms with Crippen molar-refractivity contribution < 1.29 is 38.7 Å². The summed E-state index contributed by atoms with van der Waals surface area (Å²) >= 11 is 0. The maximum absolute atomic E-state index is 14.6. The predicted molar refractivity (Wildman–Crippen MR) is 216 cm³/mol. The molecule has 7 rings (SSSR count). The molecule has 5 heterocycles. The molecule has 59 heavy (non-hydrogen) atoms. The molecular weight excluding hydrogens is 755 g/mol. The molecule has 5 aliphatic rings. The van der Waals surface area contributed by atoms with E-state index in [4.69, 9.17) is 0 Å². The summed E-state index contributed by atoms with van der Waals surface area (Å²) in [5.41, 5.74) is 1.48. The highest BCUT2D eigenvalue weighted by atomic mass is 16.3. The van der Waals surface area contributed by atoms with Crippen LogP contribution in [0.2, 0.25) is 0 Å². The topological polar surface area (TPSA) is 189 Å². The minimum absolute atomic E-state index is 0.0462. The summed E-state index contributed by atoms with van der Waals surface area (Å²) in [6.07, 6.45) is 4.47. The number of rotatable bonds is 6. The minimum Gasteiger partial charge on any atom is -0.508 e. The molecule has 15 nitrogen and oxygen atoms in total. The first-order valence-corrected chi connectivity index (χ1v) is 21.4. The van der Waals surface area contributed by atoms with Crippen molar-refractivity contribution in [3.63, 3.8) is 0 Å². The second-order valence-corrected chi connectivity index (χ2v) is 16.8. The van der Waals surface area contributed by atoms with Crippen molar-refractivity contribution in [3.8, 4) is 5.75 Å². The third-order valence-corrected chi connectivity index (χ3v) is 13.0. The van der Waals surface area contributed by atoms with Crippen molar-refractivity contribution in [2.75, 3.05) is 26.2 Å². The first-order valence-electron chi connectivity index (χ1n) is 21.4. The number of hydrogen-bond donors (Lipinski definition) is 4. The standard InChI is InChI=1S/C44H57N7O8/c1-3-27(2)37-44(59)50-23-9-14-34(50)39(54)46-32(26-29-17-19-30(52)20-18-29)42(57)51-24-10-16-36(51)43(58)49-22-8-13-33(49)38(53)45-31(25-28-11-5-4-6-12-28)41(56)48-21-7-15-35(48)40(55)47-37/h4-6,11-12,17-20,27,31-37,52H,3,7-10,13-16,21-26H2,1-2H3,(H,45,53)(H,46,54)(H,47,55). The summed E-state index contributed by atoms with van der Waals surface area (Å²) in [6.45, 7) is 4.94. The third-order valence-electron chi connectivity index (χ3n) is 13.0. The molecule has 316 valence electrons. The number of aromatic hydroxyl groups is 1. The number of phenols is 1. The Bertz CT molecular complexity index is 1910. The van der Waals surface area contributed by atoms with Crippen LogP contribution in [0.3, 0.4) is 0 Å². The van der Waals surface area contributed by atoms with Gasteiger partial charge in [0.05, 0.1) is 0 Å². The molecule has 5 aliphatic heterocycles. The Labute approximate surface area is 345 Å². The van der Waals surface area contributed by atoms with Crippen LogP contribution in [0.5, 0.6) is 5.75 Å². The average molecular weight is 812 g/mol. The molecule has 5 saturated heterocycles. The van der Waals surface area contributed by atoms with E-state index in [0.717, 1.165) is 5.56 Å². The van der Waals surface area contributed by atoms with Gasteiger partial charge in [0.25, 0.3) is 0 Å². The number of carbonyl (C=O) groups is 7. The Morgan fingerprint density at radius 3 is 1.44 bits per heavy atom. The van der Waals surface area contributed by atoms with Crippen LogP contribution in [0.15, 0.2) is 54.6 Å². The van der Waals surface area contributed by atoms with Gasteiger partial charge < -0.3 is 40.7 Å². The largest absolute Gasteiger partial charge is 0.508 e. The molecule has 2 aromatic carbocycles. The van der Waals surface area contributed by atoms with E-state index in [1.54, 1.807) is 12.1 Å². The fourth-order valence-electron chi connectivity index (χ4n) is 9.55. The van der Waals surface area contributed by atoms with Gasteiger partial charge in [0.1, 0.15) is 48.0 Å². The van der Waals surface area contributed by atoms with E-state index in [0.29, 0.717) is 76.4 Å². The van der Waals surface area contributed by atoms with Crippen molar-refractivity contribution in [1.29, 1.82) is 0 Å². The van der Waals surface area contributed by atoms with Crippen LogP contribution in [0.1, 0.15) is 82.8 Å². The smallest absolute Gasteiger partial charge is 0.246 e. The van der Waals surface area contributed by atoms with Crippen LogP contribution in [-0.4, -0.2) is 135 Å². The molecular formula is C44H57N7O8. The molecule has 8 unspecified atom stereocenters. The molecule has 0 aliphatic carbocycles. The second kappa shape index (κ2) is 18.2. The zero-order chi connectivity index (χ0) is 41.8. The van der Waals surface area contributed by atoms with E-state index in [9.17, 15) is 38.7 Å². The van der Waals surface area contributed by atoms with E-state index >= 15 is 0 Å². The number of phenolic OH excluding ortho intramolecular Hbond substituents is 1. The van der Waals surface area contributed by atoms with Gasteiger partial charge in [0, 0.05) is 39.0 Å². The Kier molecular flexibility index (Phi) is 12.9. The number of amides is 7. The molecule has 0 saturated carbocycles. The van der Waals surface area contributed by atoms with Crippen molar-refractivity contribution in [3.05, 3.63) is 65.7 Å². The molecule has 5 fully saturated rings. The normalized spacial score (nSPS) is 29.3. The zero-order valence-electron chi connectivity index (χ0n) is 34.0. The SMILES string of the molecule is CCC(C)C1NC(=O)C2CCCN2C(=O)C(Cc2ccccc2)NC(=O)C2CCCN2C(=O)C2CCCN2C(=O)C(Cc2ccc(O)cc2)NC(=O)C2CCCN2C1=O. The van der Waals surface area contributed by atoms with Gasteiger partial charge in [-0.1, -0.05) is 62.7 Å². The Balaban J connectivity index is 1.26. The van der Waals surface area contributed by atoms with Gasteiger partial charge in [0.15, 0.2) is 0 Å². The molecule has 0 radical (unpaired) electrons. The summed E-state index contributed by atoms with van der Waals surface area (Å²) in [4.78, 5) is 107. The highest BCUT2D eigenvalue weighted by Gasteiger charge is 2.47. The number of benzene rings is 2. The lowest BCUT2D eigenvalue weighted by Gasteiger charge is -2.34. The molecule has 0 bridgehead atoms. The predicted octanol–water partition coefficient (Wildman–Crippen LogP) is 1.66. The summed E-state index contributed by atoms with van der Waals surface area (Å²) < 4.78 is 0. The summed E-state index contributed by atoms with van der Waals surface area (Å²) in [7, 11) is 0. The number of carbonyl (C=O) groups excluding carboxylic acids is 7. The van der Waals surface area contributed by atoms with E-state index in [2.05, 4.69) is 16.0 Å². The summed E-state index contributed by atoms with van der Waals surface area (Å²) in [5, 5.41) is 18.9. The second-order valence-electron chi connectivity index (χ2n) is 16.8. The number of nitrogens with zero attached hydrogens (tertiary/aromatic N) is 4. The van der Waals surface area contributed by atoms with Gasteiger partial charge in [0.2, 0.25) is 41.4 Å². The molecule has 7 amide bonds. The van der Waals surface area contributed by atoms with Crippen molar-refractivity contribution in [2.24, 2.45) is 5.92 Å². The van der Waals surface area contributed by atoms with Gasteiger partial charge in [-0.3, -0.25) is 33.6 Å². The van der Waals surface area contributed by atoms with Gasteiger partial charge in [-0.15, -0.1) is 0 Å². The van der Waals surface area contributed by atoms with Crippen LogP contribution in [0.25, 0.3) is 0 Å². The Morgan fingerprint density at radius 1 is 0.542 bits per heavy atom. The first-order chi connectivity index (χ1) is 28.4. The Hall–Kier alpha value is -5.47. The van der Waals surface area contributed by atoms with Crippen LogP contribution >= 0.6 is 0 Å². The maximum Gasteiger partial charge on any atom is 0.246 e. The summed E-state index contributed by atoms with van der Waals surface area (Å²) in [6, 6.07) is 8.98.